The summed E-state index contributed by atoms with van der Waals surface area (Å²) in [4.78, 5) is 13.0. The van der Waals surface area contributed by atoms with E-state index in [1.54, 1.807) is 10.8 Å². The van der Waals surface area contributed by atoms with Gasteiger partial charge in [0.1, 0.15) is 18.0 Å². The highest BCUT2D eigenvalue weighted by Crippen LogP contribution is 2.22. The number of fused-ring (bicyclic) bond motifs is 1. The molecule has 0 bridgehead atoms. The number of piperazine rings is 1. The van der Waals surface area contributed by atoms with Gasteiger partial charge in [0.2, 0.25) is 5.95 Å². The normalized spacial score (nSPS) is 18.3. The molecule has 1 saturated heterocycles. The van der Waals surface area contributed by atoms with Gasteiger partial charge in [-0.2, -0.15) is 9.50 Å². The van der Waals surface area contributed by atoms with E-state index in [9.17, 15) is 0 Å². The molecule has 9 nitrogen and oxygen atoms in total. The molecule has 4 heterocycles. The van der Waals surface area contributed by atoms with Gasteiger partial charge in [-0.3, -0.25) is 0 Å². The molecule has 3 aromatic heterocycles. The maximum Gasteiger partial charge on any atom is 0.222 e. The average Bonchev–Trinajstić information content (AvgIpc) is 3.01. The fourth-order valence-electron chi connectivity index (χ4n) is 3.11. The number of nitrogens with two attached hydrogens (primary N) is 1. The summed E-state index contributed by atoms with van der Waals surface area (Å²) in [5.41, 5.74) is 7.41. The van der Waals surface area contributed by atoms with Crippen molar-refractivity contribution < 1.29 is 0 Å². The molecule has 24 heavy (non-hydrogen) atoms. The lowest BCUT2D eigenvalue weighted by atomic mass is 10.2. The Labute approximate surface area is 139 Å². The highest BCUT2D eigenvalue weighted by molar-refractivity contribution is 5.50. The fourth-order valence-corrected chi connectivity index (χ4v) is 3.11. The van der Waals surface area contributed by atoms with Crippen molar-refractivity contribution in [3.8, 4) is 0 Å². The van der Waals surface area contributed by atoms with Crippen LogP contribution in [0.15, 0.2) is 24.5 Å². The predicted octanol–water partition coefficient (Wildman–Crippen LogP) is 0.520. The molecule has 2 N–H and O–H groups in total. The van der Waals surface area contributed by atoms with E-state index in [1.165, 1.54) is 0 Å². The molecule has 0 spiro atoms. The van der Waals surface area contributed by atoms with Crippen LogP contribution in [0.25, 0.3) is 5.65 Å². The quantitative estimate of drug-likeness (QED) is 0.727. The van der Waals surface area contributed by atoms with Crippen molar-refractivity contribution in [3.05, 3.63) is 30.2 Å². The molecule has 0 radical (unpaired) electrons. The number of nitrogens with zero attached hydrogens (tertiary/aromatic N) is 8. The van der Waals surface area contributed by atoms with Crippen molar-refractivity contribution in [1.29, 1.82) is 0 Å². The third-order valence-electron chi connectivity index (χ3n) is 4.25. The summed E-state index contributed by atoms with van der Waals surface area (Å²) >= 11 is 0. The van der Waals surface area contributed by atoms with Crippen LogP contribution in [0.5, 0.6) is 0 Å². The molecule has 9 heteroatoms. The molecule has 1 fully saturated rings. The molecular formula is C15H19N9. The van der Waals surface area contributed by atoms with Crippen LogP contribution in [-0.2, 0) is 0 Å². The lowest BCUT2D eigenvalue weighted by Gasteiger charge is -2.41. The SMILES string of the molecule is Cc1cc(N2CCN(c3ccc4nncn4n3)C(C)C2)nc(N)n1. The summed E-state index contributed by atoms with van der Waals surface area (Å²) in [7, 11) is 0. The summed E-state index contributed by atoms with van der Waals surface area (Å²) in [5, 5.41) is 12.5. The molecule has 1 aliphatic rings. The number of hydrogen-bond donors (Lipinski definition) is 1. The third kappa shape index (κ3) is 2.57. The average molecular weight is 325 g/mol. The number of anilines is 3. The second kappa shape index (κ2) is 5.59. The van der Waals surface area contributed by atoms with Crippen LogP contribution in [0, 0.1) is 6.92 Å². The smallest absolute Gasteiger partial charge is 0.222 e. The van der Waals surface area contributed by atoms with Crippen molar-refractivity contribution >= 4 is 23.2 Å². The second-order valence-corrected chi connectivity index (χ2v) is 6.04. The predicted molar refractivity (Wildman–Crippen MR) is 91.0 cm³/mol. The van der Waals surface area contributed by atoms with Gasteiger partial charge in [-0.05, 0) is 26.0 Å². The number of hydrogen-bond acceptors (Lipinski definition) is 8. The molecule has 0 amide bonds. The first kappa shape index (κ1) is 14.6. The highest BCUT2D eigenvalue weighted by atomic mass is 15.4. The number of nitrogen functional groups attached to an aromatic ring is 1. The Kier molecular flexibility index (Phi) is 3.40. The lowest BCUT2D eigenvalue weighted by Crippen LogP contribution is -2.52. The lowest BCUT2D eigenvalue weighted by molar-refractivity contribution is 0.539. The molecule has 1 unspecified atom stereocenters. The van der Waals surface area contributed by atoms with Gasteiger partial charge < -0.3 is 15.5 Å². The maximum absolute atomic E-state index is 5.78. The van der Waals surface area contributed by atoms with Crippen LogP contribution >= 0.6 is 0 Å². The first-order chi connectivity index (χ1) is 11.6. The topological polar surface area (TPSA) is 101 Å². The zero-order valence-corrected chi connectivity index (χ0v) is 13.7. The molecule has 1 aliphatic heterocycles. The van der Waals surface area contributed by atoms with E-state index in [1.807, 2.05) is 25.1 Å². The summed E-state index contributed by atoms with van der Waals surface area (Å²) < 4.78 is 1.70. The van der Waals surface area contributed by atoms with Gasteiger partial charge in [0.15, 0.2) is 5.65 Å². The number of rotatable bonds is 2. The van der Waals surface area contributed by atoms with Crippen LogP contribution < -0.4 is 15.5 Å². The van der Waals surface area contributed by atoms with Crippen LogP contribution in [0.2, 0.25) is 0 Å². The zero-order valence-electron chi connectivity index (χ0n) is 13.7. The summed E-state index contributed by atoms with van der Waals surface area (Å²) in [6.45, 7) is 6.66. The minimum atomic E-state index is 0.289. The molecule has 124 valence electrons. The van der Waals surface area contributed by atoms with Gasteiger partial charge in [0.05, 0.1) is 0 Å². The highest BCUT2D eigenvalue weighted by Gasteiger charge is 2.26. The van der Waals surface area contributed by atoms with Gasteiger partial charge in [-0.25, -0.2) is 4.98 Å². The van der Waals surface area contributed by atoms with Gasteiger partial charge in [0, 0.05) is 37.4 Å². The Morgan fingerprint density at radius 1 is 1.17 bits per heavy atom. The van der Waals surface area contributed by atoms with Crippen LogP contribution in [0.1, 0.15) is 12.6 Å². The minimum absolute atomic E-state index is 0.289. The largest absolute Gasteiger partial charge is 0.368 e. The van der Waals surface area contributed by atoms with E-state index in [2.05, 4.69) is 42.0 Å². The van der Waals surface area contributed by atoms with Gasteiger partial charge >= 0.3 is 0 Å². The molecule has 1 atom stereocenters. The first-order valence-electron chi connectivity index (χ1n) is 7.90. The first-order valence-corrected chi connectivity index (χ1v) is 7.90. The summed E-state index contributed by atoms with van der Waals surface area (Å²) in [5.74, 6) is 2.13. The molecular weight excluding hydrogens is 306 g/mol. The number of aryl methyl sites for hydroxylation is 1. The Balaban J connectivity index is 1.55. The van der Waals surface area contributed by atoms with E-state index in [-0.39, 0.29) is 6.04 Å². The Morgan fingerprint density at radius 3 is 2.83 bits per heavy atom. The Bertz CT molecular complexity index is 854. The molecule has 0 aromatic carbocycles. The van der Waals surface area contributed by atoms with E-state index < -0.39 is 0 Å². The molecule has 4 rings (SSSR count). The minimum Gasteiger partial charge on any atom is -0.368 e. The van der Waals surface area contributed by atoms with Crippen molar-refractivity contribution in [3.63, 3.8) is 0 Å². The van der Waals surface area contributed by atoms with E-state index >= 15 is 0 Å². The van der Waals surface area contributed by atoms with Crippen molar-refractivity contribution in [2.24, 2.45) is 0 Å². The van der Waals surface area contributed by atoms with Gasteiger partial charge in [-0.15, -0.1) is 15.3 Å². The molecule has 3 aromatic rings. The molecule has 0 saturated carbocycles. The van der Waals surface area contributed by atoms with E-state index in [0.717, 1.165) is 42.6 Å². The second-order valence-electron chi connectivity index (χ2n) is 6.04. The van der Waals surface area contributed by atoms with Gasteiger partial charge in [-0.1, -0.05) is 0 Å². The van der Waals surface area contributed by atoms with Crippen molar-refractivity contribution in [2.45, 2.75) is 19.9 Å². The summed E-state index contributed by atoms with van der Waals surface area (Å²) in [6, 6.07) is 6.18. The summed E-state index contributed by atoms with van der Waals surface area (Å²) in [6.07, 6.45) is 1.62. The standard InChI is InChI=1S/C15H19N9/c1-10-7-14(19-15(16)18-10)22-5-6-23(11(2)8-22)13-4-3-12-20-17-9-24(12)21-13/h3-4,7,9,11H,5-6,8H2,1-2H3,(H2,16,18,19). The van der Waals surface area contributed by atoms with Crippen molar-refractivity contribution in [2.75, 3.05) is 35.2 Å². The Hall–Kier alpha value is -2.97. The van der Waals surface area contributed by atoms with Crippen LogP contribution in [0.4, 0.5) is 17.6 Å². The number of aromatic nitrogens is 6. The van der Waals surface area contributed by atoms with Crippen LogP contribution in [-0.4, -0.2) is 55.5 Å². The van der Waals surface area contributed by atoms with E-state index in [0.29, 0.717) is 5.95 Å². The van der Waals surface area contributed by atoms with Crippen molar-refractivity contribution in [1.82, 2.24) is 29.8 Å². The van der Waals surface area contributed by atoms with E-state index in [4.69, 9.17) is 5.73 Å². The monoisotopic (exact) mass is 325 g/mol. The zero-order chi connectivity index (χ0) is 16.7. The fraction of sp³-hybridized carbons (Fsp3) is 0.400. The van der Waals surface area contributed by atoms with Gasteiger partial charge in [0.25, 0.3) is 0 Å². The molecule has 0 aliphatic carbocycles. The third-order valence-corrected chi connectivity index (χ3v) is 4.25. The Morgan fingerprint density at radius 2 is 2.04 bits per heavy atom. The van der Waals surface area contributed by atoms with Crippen LogP contribution in [0.3, 0.4) is 0 Å². The maximum atomic E-state index is 5.78.